The van der Waals surface area contributed by atoms with Crippen molar-refractivity contribution in [1.82, 2.24) is 19.5 Å². The molecule has 5 N–H and O–H groups in total. The van der Waals surface area contributed by atoms with E-state index in [1.165, 1.54) is 10.9 Å². The smallest absolute Gasteiger partial charge is 0.269 e. The largest absolute Gasteiger partial charge is 0.364 e. The maximum atomic E-state index is 12.7. The molecule has 0 saturated carbocycles. The summed E-state index contributed by atoms with van der Waals surface area (Å²) in [4.78, 5) is 36.5. The first kappa shape index (κ1) is 27.1. The standard InChI is InChI=1S/C30H30ClN7O2/c1-19(20-7-3-2-4-8-20)18-37-16-6-5-9-24(37)29-36-26(27(28(32)39)38(29)33)21-10-12-22(13-11-21)30(40)35-25-17-23(31)14-15-34-25/h2-4,7-8,10-15,17,24H,1,5-6,9,16,18,33H2,(H2,32,39)(H,34,35,40)/t24-/m0/s1. The molecule has 0 spiro atoms. The molecule has 10 heteroatoms. The van der Waals surface area contributed by atoms with Gasteiger partial charge in [-0.3, -0.25) is 14.5 Å². The van der Waals surface area contributed by atoms with Crippen molar-refractivity contribution in [3.63, 3.8) is 0 Å². The average Bonchev–Trinajstić information content (AvgIpc) is 3.31. The normalized spacial score (nSPS) is 15.5. The number of nitrogen functional groups attached to an aromatic ring is 1. The lowest BCUT2D eigenvalue weighted by Gasteiger charge is -2.35. The minimum Gasteiger partial charge on any atom is -0.364 e. The fourth-order valence-corrected chi connectivity index (χ4v) is 5.21. The van der Waals surface area contributed by atoms with Gasteiger partial charge in [-0.2, -0.15) is 0 Å². The van der Waals surface area contributed by atoms with Crippen LogP contribution in [0.1, 0.15) is 57.5 Å². The van der Waals surface area contributed by atoms with Crippen LogP contribution in [0.5, 0.6) is 0 Å². The molecule has 40 heavy (non-hydrogen) atoms. The number of imidazole rings is 1. The molecule has 0 bridgehead atoms. The predicted molar refractivity (Wildman–Crippen MR) is 157 cm³/mol. The van der Waals surface area contributed by atoms with Crippen LogP contribution in [0, 0.1) is 0 Å². The number of nitrogens with one attached hydrogen (secondary N) is 1. The molecule has 1 aliphatic heterocycles. The van der Waals surface area contributed by atoms with Crippen LogP contribution in [0.3, 0.4) is 0 Å². The number of likely N-dealkylation sites (tertiary alicyclic amines) is 1. The van der Waals surface area contributed by atoms with Gasteiger partial charge in [-0.1, -0.05) is 67.1 Å². The van der Waals surface area contributed by atoms with Crippen LogP contribution in [0.2, 0.25) is 5.02 Å². The molecule has 0 radical (unpaired) electrons. The first-order valence-electron chi connectivity index (χ1n) is 13.0. The first-order chi connectivity index (χ1) is 19.3. The molecule has 1 aliphatic rings. The van der Waals surface area contributed by atoms with E-state index in [1.807, 2.05) is 30.3 Å². The number of pyridine rings is 1. The van der Waals surface area contributed by atoms with Gasteiger partial charge in [-0.25, -0.2) is 14.6 Å². The van der Waals surface area contributed by atoms with Gasteiger partial charge in [0.25, 0.3) is 11.8 Å². The molecule has 1 saturated heterocycles. The number of hydrogen-bond donors (Lipinski definition) is 3. The molecule has 4 aromatic rings. The van der Waals surface area contributed by atoms with Gasteiger partial charge in [0, 0.05) is 28.9 Å². The second-order valence-corrected chi connectivity index (χ2v) is 10.2. The van der Waals surface area contributed by atoms with Gasteiger partial charge < -0.3 is 16.9 Å². The molecular formula is C30H30ClN7O2. The lowest BCUT2D eigenvalue weighted by molar-refractivity contribution is 0.0990. The summed E-state index contributed by atoms with van der Waals surface area (Å²) < 4.78 is 1.32. The molecule has 5 rings (SSSR count). The van der Waals surface area contributed by atoms with Gasteiger partial charge in [0.1, 0.15) is 17.3 Å². The molecule has 9 nitrogen and oxygen atoms in total. The van der Waals surface area contributed by atoms with E-state index in [2.05, 4.69) is 21.8 Å². The van der Waals surface area contributed by atoms with E-state index >= 15 is 0 Å². The molecule has 2 aromatic heterocycles. The van der Waals surface area contributed by atoms with Crippen LogP contribution in [0.4, 0.5) is 5.82 Å². The third kappa shape index (κ3) is 5.75. The van der Waals surface area contributed by atoms with Gasteiger partial charge in [0.2, 0.25) is 0 Å². The van der Waals surface area contributed by atoms with Gasteiger partial charge in [-0.15, -0.1) is 0 Å². The van der Waals surface area contributed by atoms with Crippen LogP contribution in [0.15, 0.2) is 79.5 Å². The number of nitrogens with zero attached hydrogens (tertiary/aromatic N) is 4. The molecule has 0 unspecified atom stereocenters. The van der Waals surface area contributed by atoms with Crippen molar-refractivity contribution in [1.29, 1.82) is 0 Å². The SMILES string of the molecule is C=C(CN1CCCC[C@H]1c1nc(-c2ccc(C(=O)Nc3cc(Cl)ccn3)cc2)c(C(N)=O)n1N)c1ccccc1. The van der Waals surface area contributed by atoms with Crippen molar-refractivity contribution in [3.8, 4) is 11.3 Å². The van der Waals surface area contributed by atoms with Gasteiger partial charge in [0.15, 0.2) is 5.69 Å². The molecule has 2 aromatic carbocycles. The average molecular weight is 556 g/mol. The quantitative estimate of drug-likeness (QED) is 0.265. The van der Waals surface area contributed by atoms with Crippen molar-refractivity contribution < 1.29 is 9.59 Å². The topological polar surface area (TPSA) is 132 Å². The summed E-state index contributed by atoms with van der Waals surface area (Å²) in [6.45, 7) is 5.81. The van der Waals surface area contributed by atoms with Gasteiger partial charge >= 0.3 is 0 Å². The van der Waals surface area contributed by atoms with Crippen LogP contribution in [0.25, 0.3) is 16.8 Å². The minimum absolute atomic E-state index is 0.110. The number of amides is 2. The van der Waals surface area contributed by atoms with Crippen molar-refractivity contribution in [2.45, 2.75) is 25.3 Å². The zero-order chi connectivity index (χ0) is 28.2. The van der Waals surface area contributed by atoms with Crippen LogP contribution in [-0.4, -0.2) is 44.4 Å². The van der Waals surface area contributed by atoms with E-state index in [0.717, 1.165) is 36.9 Å². The molecule has 0 aliphatic carbocycles. The summed E-state index contributed by atoms with van der Waals surface area (Å²) in [6, 6.07) is 19.9. The summed E-state index contributed by atoms with van der Waals surface area (Å²) in [6.07, 6.45) is 4.41. The Labute approximate surface area is 237 Å². The minimum atomic E-state index is -0.679. The summed E-state index contributed by atoms with van der Waals surface area (Å²) in [7, 11) is 0. The van der Waals surface area contributed by atoms with Crippen molar-refractivity contribution in [3.05, 3.63) is 107 Å². The van der Waals surface area contributed by atoms with E-state index in [-0.39, 0.29) is 17.6 Å². The van der Waals surface area contributed by atoms with Crippen LogP contribution >= 0.6 is 11.6 Å². The predicted octanol–water partition coefficient (Wildman–Crippen LogP) is 4.90. The maximum absolute atomic E-state index is 12.7. The Kier molecular flexibility index (Phi) is 7.95. The first-order valence-corrected chi connectivity index (χ1v) is 13.4. The van der Waals surface area contributed by atoms with Gasteiger partial charge in [0.05, 0.1) is 6.04 Å². The Morgan fingerprint density at radius 1 is 1.05 bits per heavy atom. The number of hydrogen-bond acceptors (Lipinski definition) is 6. The summed E-state index contributed by atoms with van der Waals surface area (Å²) in [5.74, 6) is 6.36. The number of aromatic nitrogens is 3. The number of carbonyl (C=O) groups excluding carboxylic acids is 2. The molecule has 204 valence electrons. The lowest BCUT2D eigenvalue weighted by atomic mass is 9.99. The summed E-state index contributed by atoms with van der Waals surface area (Å²) in [5.41, 5.74) is 9.36. The van der Waals surface area contributed by atoms with E-state index < -0.39 is 5.91 Å². The van der Waals surface area contributed by atoms with E-state index in [0.29, 0.717) is 40.0 Å². The highest BCUT2D eigenvalue weighted by molar-refractivity contribution is 6.30. The highest BCUT2D eigenvalue weighted by atomic mass is 35.5. The van der Waals surface area contributed by atoms with E-state index in [9.17, 15) is 9.59 Å². The Morgan fingerprint density at radius 3 is 2.50 bits per heavy atom. The van der Waals surface area contributed by atoms with Crippen LogP contribution in [-0.2, 0) is 0 Å². The third-order valence-corrected chi connectivity index (χ3v) is 7.28. The number of piperidine rings is 1. The molecular weight excluding hydrogens is 526 g/mol. The molecule has 1 atom stereocenters. The summed E-state index contributed by atoms with van der Waals surface area (Å²) >= 11 is 5.98. The number of nitrogens with two attached hydrogens (primary N) is 2. The van der Waals surface area contributed by atoms with Crippen LogP contribution < -0.4 is 16.9 Å². The number of primary amides is 1. The molecule has 1 fully saturated rings. The number of carbonyl (C=O) groups is 2. The highest BCUT2D eigenvalue weighted by Crippen LogP contribution is 2.34. The van der Waals surface area contributed by atoms with E-state index in [1.54, 1.807) is 36.4 Å². The Bertz CT molecular complexity index is 1550. The zero-order valence-corrected chi connectivity index (χ0v) is 22.6. The molecule has 3 heterocycles. The Morgan fingerprint density at radius 2 is 1.80 bits per heavy atom. The number of rotatable bonds is 8. The number of anilines is 1. The van der Waals surface area contributed by atoms with E-state index in [4.69, 9.17) is 28.2 Å². The second kappa shape index (κ2) is 11.7. The van der Waals surface area contributed by atoms with Crippen molar-refractivity contribution in [2.24, 2.45) is 5.73 Å². The van der Waals surface area contributed by atoms with Crippen molar-refractivity contribution in [2.75, 3.05) is 24.2 Å². The van der Waals surface area contributed by atoms with Gasteiger partial charge in [-0.05, 0) is 54.8 Å². The number of halogens is 1. The Hall–Kier alpha value is -4.47. The molecule has 2 amide bonds. The number of benzene rings is 2. The Balaban J connectivity index is 1.41. The summed E-state index contributed by atoms with van der Waals surface area (Å²) in [5, 5.41) is 3.18. The lowest BCUT2D eigenvalue weighted by Crippen LogP contribution is -2.37. The fourth-order valence-electron chi connectivity index (χ4n) is 5.05. The maximum Gasteiger partial charge on any atom is 0.269 e. The monoisotopic (exact) mass is 555 g/mol. The fraction of sp³-hybridized carbons (Fsp3) is 0.200. The zero-order valence-electron chi connectivity index (χ0n) is 21.9. The van der Waals surface area contributed by atoms with Crippen molar-refractivity contribution >= 4 is 34.8 Å². The second-order valence-electron chi connectivity index (χ2n) is 9.74. The highest BCUT2D eigenvalue weighted by Gasteiger charge is 2.32. The third-order valence-electron chi connectivity index (χ3n) is 7.04.